The quantitative estimate of drug-likeness (QED) is 0.698. The van der Waals surface area contributed by atoms with Crippen LogP contribution >= 0.6 is 0 Å². The van der Waals surface area contributed by atoms with Gasteiger partial charge in [-0.1, -0.05) is 26.7 Å². The van der Waals surface area contributed by atoms with Gasteiger partial charge in [-0.15, -0.1) is 0 Å². The van der Waals surface area contributed by atoms with Crippen molar-refractivity contribution in [2.75, 3.05) is 0 Å². The monoisotopic (exact) mass is 254 g/mol. The Balaban J connectivity index is 4.71. The van der Waals surface area contributed by atoms with E-state index < -0.39 is 11.5 Å². The third-order valence-electron chi connectivity index (χ3n) is 3.07. The summed E-state index contributed by atoms with van der Waals surface area (Å²) in [5, 5.41) is 21.5. The molecule has 0 bridgehead atoms. The molecule has 0 aliphatic rings. The Morgan fingerprint density at radius 2 is 1.83 bits per heavy atom. The molecule has 0 fully saturated rings. The first-order chi connectivity index (χ1) is 8.41. The van der Waals surface area contributed by atoms with Crippen molar-refractivity contribution >= 4 is 5.91 Å². The molecule has 0 aliphatic heterocycles. The van der Waals surface area contributed by atoms with Gasteiger partial charge in [0.05, 0.1) is 12.2 Å². The molecule has 4 heteroatoms. The zero-order valence-corrected chi connectivity index (χ0v) is 12.0. The molecule has 0 heterocycles. The summed E-state index contributed by atoms with van der Waals surface area (Å²) in [6.45, 7) is 7.51. The van der Waals surface area contributed by atoms with Crippen LogP contribution in [0.1, 0.15) is 59.8 Å². The lowest BCUT2D eigenvalue weighted by Gasteiger charge is -2.27. The molecule has 18 heavy (non-hydrogen) atoms. The molecule has 0 aromatic rings. The number of nitrogens with zero attached hydrogens (tertiary/aromatic N) is 1. The molecule has 0 aromatic carbocycles. The minimum Gasteiger partial charge on any atom is -0.393 e. The summed E-state index contributed by atoms with van der Waals surface area (Å²) in [6.07, 6.45) is 2.85. The molecule has 2 N–H and O–H groups in total. The second-order valence-corrected chi connectivity index (χ2v) is 5.15. The van der Waals surface area contributed by atoms with E-state index in [1.165, 1.54) is 0 Å². The van der Waals surface area contributed by atoms with Gasteiger partial charge < -0.3 is 10.4 Å². The van der Waals surface area contributed by atoms with Crippen molar-refractivity contribution in [3.63, 3.8) is 0 Å². The Morgan fingerprint density at radius 3 is 2.17 bits per heavy atom. The molecule has 104 valence electrons. The topological polar surface area (TPSA) is 73.1 Å². The number of amides is 1. The molecule has 2 atom stereocenters. The Morgan fingerprint density at radius 1 is 1.33 bits per heavy atom. The lowest BCUT2D eigenvalue weighted by molar-refractivity contribution is -0.129. The van der Waals surface area contributed by atoms with Crippen LogP contribution in [0.4, 0.5) is 0 Å². The fourth-order valence-electron chi connectivity index (χ4n) is 2.30. The number of nitriles is 1. The summed E-state index contributed by atoms with van der Waals surface area (Å²) in [6, 6.07) is 2.09. The van der Waals surface area contributed by atoms with Crippen molar-refractivity contribution in [3.8, 4) is 6.07 Å². The van der Waals surface area contributed by atoms with E-state index in [4.69, 9.17) is 0 Å². The molecule has 0 rings (SSSR count). The van der Waals surface area contributed by atoms with Gasteiger partial charge in [0.1, 0.15) is 5.41 Å². The maximum atomic E-state index is 12.3. The molecule has 2 unspecified atom stereocenters. The first kappa shape index (κ1) is 16.9. The highest BCUT2D eigenvalue weighted by atomic mass is 16.3. The highest BCUT2D eigenvalue weighted by Gasteiger charge is 2.37. The molecule has 1 amide bonds. The highest BCUT2D eigenvalue weighted by molar-refractivity contribution is 5.85. The normalized spacial score (nSPS) is 14.7. The van der Waals surface area contributed by atoms with E-state index in [-0.39, 0.29) is 11.9 Å². The Hall–Kier alpha value is -1.08. The van der Waals surface area contributed by atoms with Crippen LogP contribution in [0.2, 0.25) is 0 Å². The number of nitrogens with one attached hydrogen (secondary N) is 1. The van der Waals surface area contributed by atoms with Gasteiger partial charge >= 0.3 is 0 Å². The Bertz CT molecular complexity index is 289. The van der Waals surface area contributed by atoms with Crippen LogP contribution in [-0.2, 0) is 4.79 Å². The number of hydrogen-bond acceptors (Lipinski definition) is 3. The Kier molecular flexibility index (Phi) is 7.61. The average molecular weight is 254 g/mol. The third-order valence-corrected chi connectivity index (χ3v) is 3.07. The van der Waals surface area contributed by atoms with Crippen molar-refractivity contribution in [1.29, 1.82) is 5.26 Å². The van der Waals surface area contributed by atoms with E-state index in [2.05, 4.69) is 11.4 Å². The van der Waals surface area contributed by atoms with Crippen LogP contribution in [-0.4, -0.2) is 23.2 Å². The standard InChI is InChI=1S/C14H26N2O2/c1-5-7-14(10-15,8-6-2)13(18)16-11(3)9-12(4)17/h11-12,17H,5-9H2,1-4H3,(H,16,18). The number of rotatable bonds is 8. The van der Waals surface area contributed by atoms with Gasteiger partial charge in [0.15, 0.2) is 0 Å². The van der Waals surface area contributed by atoms with Gasteiger partial charge in [0.2, 0.25) is 5.91 Å². The lowest BCUT2D eigenvalue weighted by Crippen LogP contribution is -2.44. The largest absolute Gasteiger partial charge is 0.393 e. The van der Waals surface area contributed by atoms with Gasteiger partial charge in [-0.3, -0.25) is 4.79 Å². The SMILES string of the molecule is CCCC(C#N)(CCC)C(=O)NC(C)CC(C)O. The predicted molar refractivity (Wildman–Crippen MR) is 71.8 cm³/mol. The highest BCUT2D eigenvalue weighted by Crippen LogP contribution is 2.29. The summed E-state index contributed by atoms with van der Waals surface area (Å²) in [5.74, 6) is -0.193. The molecule has 0 spiro atoms. The summed E-state index contributed by atoms with van der Waals surface area (Å²) >= 11 is 0. The summed E-state index contributed by atoms with van der Waals surface area (Å²) in [4.78, 5) is 12.3. The number of aliphatic hydroxyl groups excluding tert-OH is 1. The smallest absolute Gasteiger partial charge is 0.240 e. The third kappa shape index (κ3) is 5.05. The first-order valence-corrected chi connectivity index (χ1v) is 6.82. The average Bonchev–Trinajstić information content (AvgIpc) is 2.27. The van der Waals surface area contributed by atoms with E-state index >= 15 is 0 Å². The predicted octanol–water partition coefficient (Wildman–Crippen LogP) is 2.37. The molecule has 0 radical (unpaired) electrons. The Labute approximate surface area is 110 Å². The van der Waals surface area contributed by atoms with Gasteiger partial charge in [-0.25, -0.2) is 0 Å². The second kappa shape index (κ2) is 8.10. The maximum absolute atomic E-state index is 12.3. The van der Waals surface area contributed by atoms with Crippen LogP contribution in [0.25, 0.3) is 0 Å². The molecule has 0 saturated carbocycles. The van der Waals surface area contributed by atoms with E-state index in [1.807, 2.05) is 20.8 Å². The minimum absolute atomic E-state index is 0.112. The van der Waals surface area contributed by atoms with Gasteiger partial charge in [0, 0.05) is 6.04 Å². The van der Waals surface area contributed by atoms with Crippen molar-refractivity contribution < 1.29 is 9.90 Å². The van der Waals surface area contributed by atoms with Gasteiger partial charge in [-0.2, -0.15) is 5.26 Å². The van der Waals surface area contributed by atoms with E-state index in [1.54, 1.807) is 6.92 Å². The van der Waals surface area contributed by atoms with Crippen molar-refractivity contribution in [1.82, 2.24) is 5.32 Å². The zero-order valence-electron chi connectivity index (χ0n) is 12.0. The summed E-state index contributed by atoms with van der Waals surface area (Å²) in [7, 11) is 0. The number of hydrogen-bond donors (Lipinski definition) is 2. The van der Waals surface area contributed by atoms with Crippen molar-refractivity contribution in [2.45, 2.75) is 71.9 Å². The first-order valence-electron chi connectivity index (χ1n) is 6.82. The van der Waals surface area contributed by atoms with E-state index in [0.717, 1.165) is 12.8 Å². The van der Waals surface area contributed by atoms with Crippen LogP contribution in [0.5, 0.6) is 0 Å². The van der Waals surface area contributed by atoms with E-state index in [0.29, 0.717) is 19.3 Å². The van der Waals surface area contributed by atoms with Crippen LogP contribution in [0.15, 0.2) is 0 Å². The summed E-state index contributed by atoms with van der Waals surface area (Å²) < 4.78 is 0. The van der Waals surface area contributed by atoms with Gasteiger partial charge in [-0.05, 0) is 33.1 Å². The lowest BCUT2D eigenvalue weighted by atomic mass is 9.79. The number of carbonyl (C=O) groups is 1. The summed E-state index contributed by atoms with van der Waals surface area (Å²) in [5.41, 5.74) is -0.906. The van der Waals surface area contributed by atoms with Crippen LogP contribution in [0, 0.1) is 16.7 Å². The molecule has 0 aromatic heterocycles. The van der Waals surface area contributed by atoms with E-state index in [9.17, 15) is 15.2 Å². The number of carbonyl (C=O) groups excluding carboxylic acids is 1. The van der Waals surface area contributed by atoms with Crippen LogP contribution < -0.4 is 5.32 Å². The molecule has 0 saturated heterocycles. The minimum atomic E-state index is -0.906. The molecular formula is C14H26N2O2. The van der Waals surface area contributed by atoms with Crippen LogP contribution in [0.3, 0.4) is 0 Å². The molecule has 0 aliphatic carbocycles. The second-order valence-electron chi connectivity index (χ2n) is 5.15. The maximum Gasteiger partial charge on any atom is 0.240 e. The van der Waals surface area contributed by atoms with Crippen molar-refractivity contribution in [3.05, 3.63) is 0 Å². The fourth-order valence-corrected chi connectivity index (χ4v) is 2.30. The molecular weight excluding hydrogens is 228 g/mol. The fraction of sp³-hybridized carbons (Fsp3) is 0.857. The van der Waals surface area contributed by atoms with Gasteiger partial charge in [0.25, 0.3) is 0 Å². The van der Waals surface area contributed by atoms with Crippen molar-refractivity contribution in [2.24, 2.45) is 5.41 Å². The zero-order chi connectivity index (χ0) is 14.2. The number of aliphatic hydroxyl groups is 1. The molecule has 4 nitrogen and oxygen atoms in total.